The van der Waals surface area contributed by atoms with Crippen LogP contribution in [0, 0.1) is 0 Å². The molecule has 0 amide bonds. The fraction of sp³-hybridized carbons (Fsp3) is 1.00. The highest BCUT2D eigenvalue weighted by Crippen LogP contribution is 1.98. The maximum Gasteiger partial charge on any atom is 0.129 e. The van der Waals surface area contributed by atoms with Crippen molar-refractivity contribution in [3.63, 3.8) is 0 Å². The molecule has 0 spiro atoms. The molecule has 0 aromatic heterocycles. The van der Waals surface area contributed by atoms with Crippen LogP contribution in [0.15, 0.2) is 0 Å². The summed E-state index contributed by atoms with van der Waals surface area (Å²) >= 11 is 0. The second kappa shape index (κ2) is 4.70. The summed E-state index contributed by atoms with van der Waals surface area (Å²) in [4.78, 5) is 0. The minimum absolute atomic E-state index is 0.208. The molecule has 0 aromatic rings. The van der Waals surface area contributed by atoms with Crippen LogP contribution in [-0.2, 0) is 9.47 Å². The van der Waals surface area contributed by atoms with Gasteiger partial charge in [-0.1, -0.05) is 0 Å². The van der Waals surface area contributed by atoms with Crippen molar-refractivity contribution >= 4 is 0 Å². The lowest BCUT2D eigenvalue weighted by atomic mass is 10.3. The Balaban J connectivity index is 3.68. The van der Waals surface area contributed by atoms with E-state index in [-0.39, 0.29) is 6.10 Å². The van der Waals surface area contributed by atoms with Crippen LogP contribution in [0.4, 0.5) is 0 Å². The summed E-state index contributed by atoms with van der Waals surface area (Å²) in [5.41, 5.74) is 0. The zero-order valence-electron chi connectivity index (χ0n) is 8.26. The van der Waals surface area contributed by atoms with E-state index in [0.29, 0.717) is 6.61 Å². The van der Waals surface area contributed by atoms with E-state index >= 15 is 0 Å². The molecule has 0 saturated heterocycles. The number of quaternary nitrogens is 1. The number of rotatable bonds is 5. The summed E-state index contributed by atoms with van der Waals surface area (Å²) in [6.07, 6.45) is 0.208. The van der Waals surface area contributed by atoms with Crippen LogP contribution < -0.4 is 0 Å². The summed E-state index contributed by atoms with van der Waals surface area (Å²) in [6.45, 7) is 1.65. The third-order valence-corrected chi connectivity index (χ3v) is 1.44. The molecule has 68 valence electrons. The molecular formula is C8H20NO2+. The zero-order chi connectivity index (χ0) is 8.91. The first-order chi connectivity index (χ1) is 4.99. The molecule has 0 bridgehead atoms. The van der Waals surface area contributed by atoms with Crippen molar-refractivity contribution in [2.45, 2.75) is 6.10 Å². The van der Waals surface area contributed by atoms with Gasteiger partial charge in [-0.05, 0) is 0 Å². The number of nitrogens with zero attached hydrogens (tertiary/aromatic N) is 1. The Morgan fingerprint density at radius 2 is 1.73 bits per heavy atom. The predicted molar refractivity (Wildman–Crippen MR) is 45.6 cm³/mol. The summed E-state index contributed by atoms with van der Waals surface area (Å²) < 4.78 is 11.1. The Kier molecular flexibility index (Phi) is 4.65. The van der Waals surface area contributed by atoms with E-state index in [1.807, 2.05) is 0 Å². The Hall–Kier alpha value is -0.120. The second-order valence-electron chi connectivity index (χ2n) is 3.79. The van der Waals surface area contributed by atoms with E-state index in [0.717, 1.165) is 11.0 Å². The molecule has 3 heteroatoms. The van der Waals surface area contributed by atoms with Crippen molar-refractivity contribution in [1.82, 2.24) is 0 Å². The van der Waals surface area contributed by atoms with Gasteiger partial charge in [0.15, 0.2) is 0 Å². The summed E-state index contributed by atoms with van der Waals surface area (Å²) in [7, 11) is 9.84. The molecule has 0 fully saturated rings. The smallest absolute Gasteiger partial charge is 0.129 e. The molecule has 0 rings (SSSR count). The van der Waals surface area contributed by atoms with Crippen molar-refractivity contribution in [3.05, 3.63) is 0 Å². The van der Waals surface area contributed by atoms with Gasteiger partial charge < -0.3 is 14.0 Å². The number of hydrogen-bond acceptors (Lipinski definition) is 2. The number of likely N-dealkylation sites (N-methyl/N-ethyl adjacent to an activating group) is 1. The van der Waals surface area contributed by atoms with Crippen molar-refractivity contribution in [2.24, 2.45) is 0 Å². The highest BCUT2D eigenvalue weighted by Gasteiger charge is 2.16. The highest BCUT2D eigenvalue weighted by atomic mass is 16.5. The van der Waals surface area contributed by atoms with Crippen molar-refractivity contribution < 1.29 is 14.0 Å². The van der Waals surface area contributed by atoms with Gasteiger partial charge in [-0.15, -0.1) is 0 Å². The minimum Gasteiger partial charge on any atom is -0.382 e. The SMILES string of the molecule is COC[C@H](C[N+](C)(C)C)OC. The second-order valence-corrected chi connectivity index (χ2v) is 3.79. The van der Waals surface area contributed by atoms with Gasteiger partial charge in [0.05, 0.1) is 27.7 Å². The lowest BCUT2D eigenvalue weighted by molar-refractivity contribution is -0.873. The summed E-state index contributed by atoms with van der Waals surface area (Å²) in [5.74, 6) is 0. The fourth-order valence-corrected chi connectivity index (χ4v) is 0.992. The summed E-state index contributed by atoms with van der Waals surface area (Å²) in [6, 6.07) is 0. The van der Waals surface area contributed by atoms with Crippen molar-refractivity contribution in [3.8, 4) is 0 Å². The van der Waals surface area contributed by atoms with Crippen LogP contribution in [0.1, 0.15) is 0 Å². The first-order valence-corrected chi connectivity index (χ1v) is 3.82. The lowest BCUT2D eigenvalue weighted by Crippen LogP contribution is -2.43. The maximum atomic E-state index is 5.23. The van der Waals surface area contributed by atoms with Crippen LogP contribution in [0.5, 0.6) is 0 Å². The molecule has 0 heterocycles. The van der Waals surface area contributed by atoms with Crippen LogP contribution in [-0.4, -0.2) is 59.1 Å². The maximum absolute atomic E-state index is 5.23. The minimum atomic E-state index is 0.208. The Labute approximate surface area is 69.5 Å². The molecule has 0 N–H and O–H groups in total. The normalized spacial score (nSPS) is 15.0. The van der Waals surface area contributed by atoms with Crippen LogP contribution >= 0.6 is 0 Å². The molecule has 0 aliphatic heterocycles. The average Bonchev–Trinajstić information content (AvgIpc) is 1.84. The van der Waals surface area contributed by atoms with Gasteiger partial charge in [-0.25, -0.2) is 0 Å². The molecule has 11 heavy (non-hydrogen) atoms. The molecule has 1 atom stereocenters. The number of ether oxygens (including phenoxy) is 2. The lowest BCUT2D eigenvalue weighted by Gasteiger charge is -2.28. The fourth-order valence-electron chi connectivity index (χ4n) is 0.992. The van der Waals surface area contributed by atoms with E-state index in [2.05, 4.69) is 21.1 Å². The molecular weight excluding hydrogens is 142 g/mol. The molecule has 0 aliphatic carbocycles. The van der Waals surface area contributed by atoms with Gasteiger partial charge in [-0.2, -0.15) is 0 Å². The third kappa shape index (κ3) is 6.28. The Bertz CT molecular complexity index is 98.8. The molecule has 0 radical (unpaired) electrons. The molecule has 0 saturated carbocycles. The molecule has 0 aliphatic rings. The molecule has 3 nitrogen and oxygen atoms in total. The monoisotopic (exact) mass is 162 g/mol. The van der Waals surface area contributed by atoms with Gasteiger partial charge >= 0.3 is 0 Å². The summed E-state index contributed by atoms with van der Waals surface area (Å²) in [5, 5.41) is 0. The number of hydrogen-bond donors (Lipinski definition) is 0. The standard InChI is InChI=1S/C8H20NO2/c1-9(2,3)6-8(11-5)7-10-4/h8H,6-7H2,1-5H3/q+1/t8-/m0/s1. The van der Waals surface area contributed by atoms with Gasteiger partial charge in [0, 0.05) is 14.2 Å². The zero-order valence-corrected chi connectivity index (χ0v) is 8.26. The van der Waals surface area contributed by atoms with E-state index in [1.165, 1.54) is 0 Å². The quantitative estimate of drug-likeness (QED) is 0.543. The first-order valence-electron chi connectivity index (χ1n) is 3.82. The third-order valence-electron chi connectivity index (χ3n) is 1.44. The predicted octanol–water partition coefficient (Wildman–Crippen LogP) is 0.354. The van der Waals surface area contributed by atoms with Gasteiger partial charge in [0.25, 0.3) is 0 Å². The van der Waals surface area contributed by atoms with E-state index in [4.69, 9.17) is 9.47 Å². The van der Waals surface area contributed by atoms with Gasteiger partial charge in [-0.3, -0.25) is 0 Å². The largest absolute Gasteiger partial charge is 0.382 e. The molecule has 0 aromatic carbocycles. The van der Waals surface area contributed by atoms with E-state index in [9.17, 15) is 0 Å². The Morgan fingerprint density at radius 3 is 2.00 bits per heavy atom. The molecule has 0 unspecified atom stereocenters. The van der Waals surface area contributed by atoms with E-state index < -0.39 is 0 Å². The van der Waals surface area contributed by atoms with Crippen LogP contribution in [0.3, 0.4) is 0 Å². The first kappa shape index (κ1) is 10.9. The Morgan fingerprint density at radius 1 is 1.18 bits per heavy atom. The number of methoxy groups -OCH3 is 2. The average molecular weight is 162 g/mol. The van der Waals surface area contributed by atoms with Gasteiger partial charge in [0.2, 0.25) is 0 Å². The van der Waals surface area contributed by atoms with Gasteiger partial charge in [0.1, 0.15) is 12.6 Å². The highest BCUT2D eigenvalue weighted by molar-refractivity contribution is 4.52. The van der Waals surface area contributed by atoms with Crippen molar-refractivity contribution in [1.29, 1.82) is 0 Å². The van der Waals surface area contributed by atoms with Crippen molar-refractivity contribution in [2.75, 3.05) is 48.5 Å². The van der Waals surface area contributed by atoms with Crippen LogP contribution in [0.25, 0.3) is 0 Å². The topological polar surface area (TPSA) is 18.5 Å². The van der Waals surface area contributed by atoms with Crippen LogP contribution in [0.2, 0.25) is 0 Å². The van der Waals surface area contributed by atoms with E-state index in [1.54, 1.807) is 14.2 Å².